The molecule has 1 aliphatic heterocycles. The lowest BCUT2D eigenvalue weighted by molar-refractivity contribution is -0.141. The highest BCUT2D eigenvalue weighted by molar-refractivity contribution is 8.00. The van der Waals surface area contributed by atoms with Gasteiger partial charge in [0.05, 0.1) is 6.26 Å². The van der Waals surface area contributed by atoms with Crippen molar-refractivity contribution < 1.29 is 33.9 Å². The highest BCUT2D eigenvalue weighted by atomic mass is 32.2. The van der Waals surface area contributed by atoms with E-state index in [4.69, 9.17) is 10.2 Å². The van der Waals surface area contributed by atoms with Crippen LogP contribution in [0, 0.1) is 0 Å². The summed E-state index contributed by atoms with van der Waals surface area (Å²) in [5.41, 5.74) is 5.54. The first-order valence-electron chi connectivity index (χ1n) is 7.61. The molecule has 0 spiro atoms. The van der Waals surface area contributed by atoms with E-state index in [1.54, 1.807) is 0 Å². The van der Waals surface area contributed by atoms with Gasteiger partial charge in [-0.1, -0.05) is 5.16 Å². The fourth-order valence-corrected chi connectivity index (χ4v) is 3.50. The molecule has 2 rings (SSSR count). The van der Waals surface area contributed by atoms with Gasteiger partial charge in [0.25, 0.3) is 5.91 Å². The van der Waals surface area contributed by atoms with Crippen LogP contribution in [0.15, 0.2) is 39.2 Å². The molecule has 0 aromatic carbocycles. The van der Waals surface area contributed by atoms with Crippen molar-refractivity contribution in [3.63, 3.8) is 0 Å². The number of carbonyl (C=O) groups excluding carboxylic acids is 1. The van der Waals surface area contributed by atoms with E-state index >= 15 is 0 Å². The molecule has 0 radical (unpaired) electrons. The van der Waals surface area contributed by atoms with Gasteiger partial charge in [-0.05, 0) is 17.7 Å². The first-order chi connectivity index (χ1) is 12.9. The number of amides is 1. The molecule has 0 fully saturated rings. The van der Waals surface area contributed by atoms with Crippen molar-refractivity contribution in [1.29, 1.82) is 0 Å². The highest BCUT2D eigenvalue weighted by Crippen LogP contribution is 2.24. The molecule has 1 aromatic rings. The zero-order chi connectivity index (χ0) is 20.0. The third-order valence-electron chi connectivity index (χ3n) is 3.55. The molecule has 1 aromatic heterocycles. The third-order valence-corrected chi connectivity index (χ3v) is 4.81. The van der Waals surface area contributed by atoms with Crippen LogP contribution in [-0.2, 0) is 19.2 Å². The summed E-state index contributed by atoms with van der Waals surface area (Å²) in [6.45, 7) is 0.0155. The monoisotopic (exact) mass is 398 g/mol. The van der Waals surface area contributed by atoms with Crippen LogP contribution in [0.3, 0.4) is 0 Å². The van der Waals surface area contributed by atoms with Crippen molar-refractivity contribution in [2.24, 2.45) is 10.9 Å². The number of thioether (sulfide) groups is 1. The number of furan rings is 1. The summed E-state index contributed by atoms with van der Waals surface area (Å²) in [6, 6.07) is 1.53. The van der Waals surface area contributed by atoms with Crippen LogP contribution in [0.1, 0.15) is 5.76 Å². The molecular formula is C15H18N4O7S. The van der Waals surface area contributed by atoms with E-state index in [0.29, 0.717) is 5.57 Å². The molecule has 0 bridgehead atoms. The lowest BCUT2D eigenvalue weighted by Crippen LogP contribution is -2.56. The number of oxime groups is 1. The Balaban J connectivity index is 2.22. The maximum atomic E-state index is 12.5. The van der Waals surface area contributed by atoms with Gasteiger partial charge in [0, 0.05) is 12.3 Å². The Bertz CT molecular complexity index is 775. The number of nitrogens with zero attached hydrogens (tertiary/aromatic N) is 1. The number of carboxylic acid groups (broad SMARTS) is 2. The van der Waals surface area contributed by atoms with E-state index in [0.717, 1.165) is 11.8 Å². The van der Waals surface area contributed by atoms with Crippen LogP contribution in [0.4, 0.5) is 0 Å². The lowest BCUT2D eigenvalue weighted by Gasteiger charge is -2.31. The predicted octanol–water partition coefficient (Wildman–Crippen LogP) is -0.841. The fourth-order valence-electron chi connectivity index (χ4n) is 2.28. The normalized spacial score (nSPS) is 18.4. The van der Waals surface area contributed by atoms with E-state index in [9.17, 15) is 24.6 Å². The van der Waals surface area contributed by atoms with Gasteiger partial charge >= 0.3 is 11.9 Å². The molecule has 12 heteroatoms. The van der Waals surface area contributed by atoms with Crippen molar-refractivity contribution in [3.8, 4) is 0 Å². The largest absolute Gasteiger partial charge is 0.480 e. The zero-order valence-electron chi connectivity index (χ0n) is 14.2. The minimum absolute atomic E-state index is 0.0155. The maximum absolute atomic E-state index is 12.5. The van der Waals surface area contributed by atoms with E-state index in [-0.39, 0.29) is 29.5 Å². The number of nitrogens with one attached hydrogen (secondary N) is 2. The number of hydrogen-bond acceptors (Lipinski definition) is 9. The van der Waals surface area contributed by atoms with Crippen LogP contribution < -0.4 is 16.4 Å². The molecular weight excluding hydrogens is 380 g/mol. The van der Waals surface area contributed by atoms with Gasteiger partial charge < -0.3 is 35.8 Å². The van der Waals surface area contributed by atoms with E-state index in [1.165, 1.54) is 25.5 Å². The van der Waals surface area contributed by atoms with E-state index < -0.39 is 29.3 Å². The molecule has 0 saturated carbocycles. The van der Waals surface area contributed by atoms with Crippen LogP contribution >= 0.6 is 11.8 Å². The minimum Gasteiger partial charge on any atom is -0.480 e. The minimum atomic E-state index is -1.45. The lowest BCUT2D eigenvalue weighted by atomic mass is 10.2. The molecule has 0 saturated heterocycles. The summed E-state index contributed by atoms with van der Waals surface area (Å²) in [4.78, 5) is 40.2. The Kier molecular flexibility index (Phi) is 6.85. The molecule has 0 aliphatic carbocycles. The predicted molar refractivity (Wildman–Crippen MR) is 94.9 cm³/mol. The Morgan fingerprint density at radius 2 is 2.26 bits per heavy atom. The second-order valence-electron chi connectivity index (χ2n) is 5.25. The summed E-state index contributed by atoms with van der Waals surface area (Å²) < 4.78 is 5.10. The molecule has 1 aliphatic rings. The van der Waals surface area contributed by atoms with Crippen molar-refractivity contribution in [2.45, 2.75) is 11.4 Å². The molecule has 2 atom stereocenters. The van der Waals surface area contributed by atoms with Crippen LogP contribution in [0.25, 0.3) is 0 Å². The number of rotatable bonds is 8. The Morgan fingerprint density at radius 3 is 2.78 bits per heavy atom. The van der Waals surface area contributed by atoms with Crippen molar-refractivity contribution in [1.82, 2.24) is 10.6 Å². The van der Waals surface area contributed by atoms with Gasteiger partial charge in [0.15, 0.2) is 11.8 Å². The van der Waals surface area contributed by atoms with Gasteiger partial charge in [0.2, 0.25) is 5.71 Å². The van der Waals surface area contributed by atoms with Crippen molar-refractivity contribution >= 4 is 35.3 Å². The molecule has 1 amide bonds. The SMILES string of the molecule is CO/N=C(\C(=O)N[C@H](C(=O)O)[C@@H]1NC(C(=O)O)=C(CN)CS1)c1ccco1. The number of nitrogens with two attached hydrogens (primary N) is 1. The summed E-state index contributed by atoms with van der Waals surface area (Å²) in [5, 5.41) is 26.3. The summed E-state index contributed by atoms with van der Waals surface area (Å²) >= 11 is 1.12. The highest BCUT2D eigenvalue weighted by Gasteiger charge is 2.36. The Hall–Kier alpha value is -2.99. The van der Waals surface area contributed by atoms with E-state index in [2.05, 4.69) is 20.6 Å². The van der Waals surface area contributed by atoms with Crippen molar-refractivity contribution in [3.05, 3.63) is 35.4 Å². The fraction of sp³-hybridized carbons (Fsp3) is 0.333. The first-order valence-corrected chi connectivity index (χ1v) is 8.66. The summed E-state index contributed by atoms with van der Waals surface area (Å²) in [5.74, 6) is -3.17. The number of carbonyl (C=O) groups is 3. The van der Waals surface area contributed by atoms with Gasteiger partial charge in [-0.3, -0.25) is 4.79 Å². The van der Waals surface area contributed by atoms with Gasteiger partial charge in [-0.25, -0.2) is 9.59 Å². The molecule has 0 unspecified atom stereocenters. The number of aliphatic carboxylic acids is 2. The standard InChI is InChI=1S/C15H18N4O7S/c1-25-19-10(8-3-2-4-26-8)12(20)17-11(15(23)24)13-18-9(14(21)22)7(5-16)6-27-13/h2-4,11,13,18H,5-6,16H2,1H3,(H,17,20)(H,21,22)(H,23,24)/b19-10-/t11-,13+/m0/s1. The average molecular weight is 398 g/mol. The average Bonchev–Trinajstić information content (AvgIpc) is 3.17. The molecule has 2 heterocycles. The summed E-state index contributed by atoms with van der Waals surface area (Å²) in [7, 11) is 1.22. The van der Waals surface area contributed by atoms with Crippen LogP contribution in [0.2, 0.25) is 0 Å². The Labute approximate surface area is 157 Å². The summed E-state index contributed by atoms with van der Waals surface area (Å²) in [6.07, 6.45) is 1.32. The van der Waals surface area contributed by atoms with Crippen LogP contribution in [0.5, 0.6) is 0 Å². The third kappa shape index (κ3) is 4.80. The van der Waals surface area contributed by atoms with E-state index in [1.807, 2.05) is 0 Å². The first kappa shape index (κ1) is 20.3. The number of carboxylic acids is 2. The Morgan fingerprint density at radius 1 is 1.52 bits per heavy atom. The quantitative estimate of drug-likeness (QED) is 0.274. The zero-order valence-corrected chi connectivity index (χ0v) is 15.0. The molecule has 11 nitrogen and oxygen atoms in total. The number of hydrogen-bond donors (Lipinski definition) is 5. The van der Waals surface area contributed by atoms with Gasteiger partial charge in [-0.15, -0.1) is 11.8 Å². The smallest absolute Gasteiger partial charge is 0.352 e. The second kappa shape index (κ2) is 9.09. The molecule has 146 valence electrons. The second-order valence-corrected chi connectivity index (χ2v) is 6.38. The van der Waals surface area contributed by atoms with Crippen molar-refractivity contribution in [2.75, 3.05) is 19.4 Å². The molecule has 27 heavy (non-hydrogen) atoms. The van der Waals surface area contributed by atoms with Gasteiger partial charge in [0.1, 0.15) is 18.2 Å². The maximum Gasteiger partial charge on any atom is 0.352 e. The van der Waals surface area contributed by atoms with Gasteiger partial charge in [-0.2, -0.15) is 0 Å². The molecule has 6 N–H and O–H groups in total. The van der Waals surface area contributed by atoms with Crippen LogP contribution in [-0.4, -0.2) is 64.6 Å². The topological polar surface area (TPSA) is 176 Å².